The predicted octanol–water partition coefficient (Wildman–Crippen LogP) is 24.4. The van der Waals surface area contributed by atoms with Crippen molar-refractivity contribution in [3.63, 3.8) is 0 Å². The van der Waals surface area contributed by atoms with Crippen molar-refractivity contribution in [1.82, 2.24) is 15.0 Å². The second-order valence-corrected chi connectivity index (χ2v) is 30.9. The maximum Gasteiger partial charge on any atom is 0.0745 e. The summed E-state index contributed by atoms with van der Waals surface area (Å²) in [7, 11) is 0. The molecule has 6 bridgehead atoms. The van der Waals surface area contributed by atoms with Crippen LogP contribution >= 0.6 is 136 Å². The van der Waals surface area contributed by atoms with E-state index in [4.69, 9.17) is 4.98 Å². The number of thiophene rings is 12. The van der Waals surface area contributed by atoms with Gasteiger partial charge in [-0.05, 0) is 180 Å². The minimum Gasteiger partial charge on any atom is -0.354 e. The number of nitrogens with one attached hydrogen (secondary N) is 2. The molecule has 0 amide bonds. The Kier molecular flexibility index (Phi) is 12.2. The van der Waals surface area contributed by atoms with E-state index in [1.807, 2.05) is 102 Å². The van der Waals surface area contributed by atoms with Crippen molar-refractivity contribution in [2.24, 2.45) is 0 Å². The molecule has 78 heavy (non-hydrogen) atoms. The summed E-state index contributed by atoms with van der Waals surface area (Å²) < 4.78 is 0. The van der Waals surface area contributed by atoms with Gasteiger partial charge in [-0.15, -0.1) is 136 Å². The number of hydrogen-bond donors (Lipinski definition) is 2. The topological polar surface area (TPSA) is 44.5 Å². The van der Waals surface area contributed by atoms with Crippen LogP contribution in [0.5, 0.6) is 0 Å². The third-order valence-electron chi connectivity index (χ3n) is 13.5. The molecule has 0 saturated heterocycles. The van der Waals surface area contributed by atoms with E-state index in [1.165, 1.54) is 102 Å². The van der Waals surface area contributed by atoms with Gasteiger partial charge >= 0.3 is 0 Å². The number of fused-ring (bicyclic) bond motifs is 6. The van der Waals surface area contributed by atoms with Crippen LogP contribution in [0.3, 0.4) is 0 Å². The van der Waals surface area contributed by atoms with Gasteiger partial charge in [0.2, 0.25) is 0 Å². The smallest absolute Gasteiger partial charge is 0.0745 e. The molecule has 15 heteroatoms. The average Bonchev–Trinajstić information content (AvgIpc) is 4.36. The molecule has 0 aromatic carbocycles. The number of hydrogen-bond acceptors (Lipinski definition) is 13. The van der Waals surface area contributed by atoms with E-state index in [0.717, 1.165) is 50.1 Å². The molecule has 3 nitrogen and oxygen atoms in total. The van der Waals surface area contributed by atoms with Crippen molar-refractivity contribution in [2.45, 2.75) is 0 Å². The van der Waals surface area contributed by atoms with Crippen LogP contribution in [0.4, 0.5) is 0 Å². The first kappa shape index (κ1) is 47.8. The fourth-order valence-corrected chi connectivity index (χ4v) is 22.2. The molecule has 0 atom stereocenters. The third-order valence-corrected chi connectivity index (χ3v) is 27.7. The summed E-state index contributed by atoms with van der Waals surface area (Å²) in [5.41, 5.74) is 9.44. The second kappa shape index (κ2) is 19.9. The Balaban J connectivity index is 0.810. The number of aromatic nitrogens is 3. The first-order valence-electron chi connectivity index (χ1n) is 24.7. The Morgan fingerprint density at radius 1 is 0.218 bits per heavy atom. The van der Waals surface area contributed by atoms with E-state index in [2.05, 4.69) is 208 Å². The zero-order chi connectivity index (χ0) is 51.3. The van der Waals surface area contributed by atoms with Crippen LogP contribution in [0.25, 0.3) is 153 Å². The number of H-pyrrole nitrogens is 2. The maximum absolute atomic E-state index is 5.58. The molecule has 0 unspecified atom stereocenters. The highest BCUT2D eigenvalue weighted by molar-refractivity contribution is 7.31. The fourth-order valence-electron chi connectivity index (χ4n) is 9.91. The molecule has 15 aromatic heterocycles. The van der Waals surface area contributed by atoms with Crippen LogP contribution in [0.2, 0.25) is 0 Å². The lowest BCUT2D eigenvalue weighted by Crippen LogP contribution is -1.86. The number of aromatic amines is 2. The summed E-state index contributed by atoms with van der Waals surface area (Å²) in [5, 5.41) is 6.46. The molecule has 2 N–H and O–H groups in total. The van der Waals surface area contributed by atoms with Crippen LogP contribution < -0.4 is 0 Å². The highest BCUT2D eigenvalue weighted by Gasteiger charge is 2.22. The minimum absolute atomic E-state index is 0.947. The van der Waals surface area contributed by atoms with Gasteiger partial charge in [-0.2, -0.15) is 0 Å². The lowest BCUT2D eigenvalue weighted by atomic mass is 10.1. The van der Waals surface area contributed by atoms with Gasteiger partial charge in [-0.1, -0.05) is 18.2 Å². The van der Waals surface area contributed by atoms with Crippen molar-refractivity contribution in [1.29, 1.82) is 0 Å². The van der Waals surface area contributed by atoms with E-state index >= 15 is 0 Å². The van der Waals surface area contributed by atoms with Crippen molar-refractivity contribution in [2.75, 3.05) is 0 Å². The van der Waals surface area contributed by atoms with E-state index < -0.39 is 0 Å². The van der Waals surface area contributed by atoms with Crippen LogP contribution in [-0.4, -0.2) is 15.0 Å². The highest BCUT2D eigenvalue weighted by atomic mass is 32.1. The molecule has 0 spiro atoms. The highest BCUT2D eigenvalue weighted by Crippen LogP contribution is 2.50. The molecule has 0 radical (unpaired) electrons. The first-order chi connectivity index (χ1) is 38.5. The molecule has 1 aliphatic heterocycles. The Bertz CT molecular complexity index is 4540. The number of nitrogens with zero attached hydrogens (tertiary/aromatic N) is 1. The van der Waals surface area contributed by atoms with Crippen LogP contribution in [-0.2, 0) is 0 Å². The van der Waals surface area contributed by atoms with Crippen molar-refractivity contribution >= 4 is 170 Å². The SMILES string of the molecule is C1=Cc2nc1c(-c1ccc(-c3ccc(-c4ccc(-c5cccs5)s4)s3)s1)c1ccc([nH]1)c(-c1ccc(-c3ccc(-c4ccc(-c5cccs5)s4)s3)s1)c1ccc([nH]1)c2-c1ccc(-c2ccc(-c3ccc(-c4cccs4)s3)s2)s1. The molecule has 16 heterocycles. The Morgan fingerprint density at radius 3 is 0.692 bits per heavy atom. The van der Waals surface area contributed by atoms with Gasteiger partial charge in [0.05, 0.1) is 11.4 Å². The molecule has 16 rings (SSSR count). The molecule has 1 aliphatic rings. The summed E-state index contributed by atoms with van der Waals surface area (Å²) in [5.74, 6) is 0. The molecular weight excluding hydrogens is 1180 g/mol. The van der Waals surface area contributed by atoms with E-state index in [9.17, 15) is 0 Å². The quantitative estimate of drug-likeness (QED) is 0.126. The standard InChI is InChI=1S/C63H35N3S12/c1-4-40(67-31-1)43-13-16-46(70-43)49-19-22-52(73-49)55-25-28-58(76-55)61-34-7-9-36(64-34)62(59-29-26-56(77-59)53-23-20-50(74-53)47-17-14-44(71-47)41-5-2-32-68-41)38-11-12-39(66-38)63(37-10-8-35(61)65-37)60-30-27-57(78-60)54-24-21-51(75-54)48-18-15-45(72-48)42-6-3-33-69-42/h1-33,64-65H. The second-order valence-electron chi connectivity index (χ2n) is 18.3. The fraction of sp³-hybridized carbons (Fsp3) is 0. The van der Waals surface area contributed by atoms with Crippen molar-refractivity contribution in [3.8, 4) is 119 Å². The average molecular weight is 1220 g/mol. The van der Waals surface area contributed by atoms with Gasteiger partial charge in [0.15, 0.2) is 0 Å². The monoisotopic (exact) mass is 1220 g/mol. The molecule has 0 saturated carbocycles. The molecule has 15 aromatic rings. The summed E-state index contributed by atoms with van der Waals surface area (Å²) >= 11 is 22.1. The lowest BCUT2D eigenvalue weighted by Gasteiger charge is -2.04. The maximum atomic E-state index is 5.58. The van der Waals surface area contributed by atoms with Gasteiger partial charge in [0.25, 0.3) is 0 Å². The predicted molar refractivity (Wildman–Crippen MR) is 354 cm³/mol. The third kappa shape index (κ3) is 8.72. The Hall–Kier alpha value is -6.15. The van der Waals surface area contributed by atoms with E-state index in [-0.39, 0.29) is 0 Å². The minimum atomic E-state index is 0.947. The van der Waals surface area contributed by atoms with Crippen LogP contribution in [0.1, 0.15) is 11.4 Å². The van der Waals surface area contributed by atoms with Gasteiger partial charge in [0.1, 0.15) is 0 Å². The van der Waals surface area contributed by atoms with Crippen molar-refractivity contribution in [3.05, 3.63) is 197 Å². The van der Waals surface area contributed by atoms with E-state index in [1.54, 1.807) is 34.0 Å². The van der Waals surface area contributed by atoms with Crippen LogP contribution in [0.15, 0.2) is 186 Å². The largest absolute Gasteiger partial charge is 0.354 e. The number of rotatable bonds is 12. The molecular formula is C63H35N3S12. The Morgan fingerprint density at radius 2 is 0.436 bits per heavy atom. The van der Waals surface area contributed by atoms with Crippen molar-refractivity contribution < 1.29 is 0 Å². The summed E-state index contributed by atoms with van der Waals surface area (Å²) in [6.07, 6.45) is 4.43. The molecule has 0 aliphatic carbocycles. The zero-order valence-electron chi connectivity index (χ0n) is 40.4. The van der Waals surface area contributed by atoms with Crippen LogP contribution in [0, 0.1) is 0 Å². The zero-order valence-corrected chi connectivity index (χ0v) is 50.2. The normalized spacial score (nSPS) is 12.1. The Labute approximate surface area is 496 Å². The summed E-state index contributed by atoms with van der Waals surface area (Å²) in [6, 6.07) is 63.1. The van der Waals surface area contributed by atoms with Gasteiger partial charge in [0, 0.05) is 141 Å². The lowest BCUT2D eigenvalue weighted by molar-refractivity contribution is 1.32. The summed E-state index contributed by atoms with van der Waals surface area (Å²) in [4.78, 5) is 40.4. The van der Waals surface area contributed by atoms with Gasteiger partial charge in [-0.3, -0.25) is 0 Å². The van der Waals surface area contributed by atoms with E-state index in [0.29, 0.717) is 0 Å². The first-order valence-corrected chi connectivity index (χ1v) is 34.7. The molecule has 0 fully saturated rings. The summed E-state index contributed by atoms with van der Waals surface area (Å²) in [6.45, 7) is 0. The molecule has 374 valence electrons. The van der Waals surface area contributed by atoms with Gasteiger partial charge < -0.3 is 9.97 Å². The van der Waals surface area contributed by atoms with Gasteiger partial charge in [-0.25, -0.2) is 4.98 Å².